The first-order chi connectivity index (χ1) is 10.1. The fourth-order valence-corrected chi connectivity index (χ4v) is 2.84. The van der Waals surface area contributed by atoms with Crippen LogP contribution < -0.4 is 5.32 Å². The van der Waals surface area contributed by atoms with Crippen LogP contribution >= 0.6 is 34.2 Å². The molecule has 2 aromatic carbocycles. The van der Waals surface area contributed by atoms with E-state index in [0.717, 1.165) is 20.0 Å². The summed E-state index contributed by atoms with van der Waals surface area (Å²) in [6, 6.07) is 12.9. The highest BCUT2D eigenvalue weighted by Crippen LogP contribution is 2.24. The second-order valence-electron chi connectivity index (χ2n) is 4.48. The van der Waals surface area contributed by atoms with Gasteiger partial charge in [0.05, 0.1) is 11.3 Å². The molecule has 1 aromatic heterocycles. The Morgan fingerprint density at radius 1 is 1.19 bits per heavy atom. The molecule has 0 bridgehead atoms. The molecule has 0 saturated heterocycles. The van der Waals surface area contributed by atoms with Crippen LogP contribution in [0.1, 0.15) is 10.4 Å². The minimum absolute atomic E-state index is 0.182. The van der Waals surface area contributed by atoms with Crippen molar-refractivity contribution in [2.45, 2.75) is 0 Å². The summed E-state index contributed by atoms with van der Waals surface area (Å²) < 4.78 is 0.855. The first-order valence-electron chi connectivity index (χ1n) is 6.24. The number of anilines is 1. The molecule has 0 unspecified atom stereocenters. The number of hydrogen-bond acceptors (Lipinski definition) is 2. The van der Waals surface area contributed by atoms with Crippen LogP contribution in [0.3, 0.4) is 0 Å². The fraction of sp³-hybridized carbons (Fsp3) is 0. The van der Waals surface area contributed by atoms with Gasteiger partial charge in [-0.1, -0.05) is 23.7 Å². The van der Waals surface area contributed by atoms with Gasteiger partial charge in [-0.05, 0) is 58.3 Å². The summed E-state index contributed by atoms with van der Waals surface area (Å²) in [5.41, 5.74) is 1.30. The zero-order valence-electron chi connectivity index (χ0n) is 10.8. The van der Waals surface area contributed by atoms with Gasteiger partial charge < -0.3 is 5.32 Å². The molecule has 21 heavy (non-hydrogen) atoms. The maximum absolute atomic E-state index is 12.4. The monoisotopic (exact) mass is 408 g/mol. The maximum atomic E-state index is 12.4. The molecular formula is C16H10ClIN2O. The van der Waals surface area contributed by atoms with E-state index in [1.54, 1.807) is 24.5 Å². The van der Waals surface area contributed by atoms with E-state index in [0.29, 0.717) is 10.6 Å². The van der Waals surface area contributed by atoms with Crippen LogP contribution in [-0.4, -0.2) is 10.9 Å². The highest BCUT2D eigenvalue weighted by molar-refractivity contribution is 14.1. The van der Waals surface area contributed by atoms with Gasteiger partial charge in [0.25, 0.3) is 5.91 Å². The largest absolute Gasteiger partial charge is 0.321 e. The Labute approximate surface area is 140 Å². The third-order valence-corrected chi connectivity index (χ3v) is 4.28. The van der Waals surface area contributed by atoms with Gasteiger partial charge in [0.1, 0.15) is 0 Å². The first kappa shape index (κ1) is 14.3. The normalized spacial score (nSPS) is 10.6. The number of halogens is 2. The lowest BCUT2D eigenvalue weighted by Gasteiger charge is -2.09. The van der Waals surface area contributed by atoms with E-state index >= 15 is 0 Å². The van der Waals surface area contributed by atoms with E-state index in [1.807, 2.05) is 30.3 Å². The molecular weight excluding hydrogens is 399 g/mol. The second-order valence-corrected chi connectivity index (χ2v) is 6.08. The van der Waals surface area contributed by atoms with Crippen LogP contribution in [0.4, 0.5) is 5.69 Å². The minimum Gasteiger partial charge on any atom is -0.321 e. The number of rotatable bonds is 2. The van der Waals surface area contributed by atoms with Crippen molar-refractivity contribution in [1.29, 1.82) is 0 Å². The lowest BCUT2D eigenvalue weighted by molar-refractivity contribution is 0.102. The Morgan fingerprint density at radius 3 is 2.90 bits per heavy atom. The van der Waals surface area contributed by atoms with Crippen molar-refractivity contribution in [3.63, 3.8) is 0 Å². The Morgan fingerprint density at radius 2 is 2.05 bits per heavy atom. The third-order valence-electron chi connectivity index (χ3n) is 3.10. The van der Waals surface area contributed by atoms with Crippen LogP contribution in [0.2, 0.25) is 5.02 Å². The zero-order chi connectivity index (χ0) is 14.8. The zero-order valence-corrected chi connectivity index (χ0v) is 13.7. The average Bonchev–Trinajstić information content (AvgIpc) is 2.50. The SMILES string of the molecule is O=C(Nc1cccc2ccncc12)c1cc(Cl)ccc1I. The highest BCUT2D eigenvalue weighted by Gasteiger charge is 2.12. The number of pyridine rings is 1. The maximum Gasteiger partial charge on any atom is 0.256 e. The third kappa shape index (κ3) is 3.01. The number of nitrogens with one attached hydrogen (secondary N) is 1. The van der Waals surface area contributed by atoms with Crippen LogP contribution in [0, 0.1) is 3.57 Å². The summed E-state index contributed by atoms with van der Waals surface area (Å²) in [6.45, 7) is 0. The fourth-order valence-electron chi connectivity index (χ4n) is 2.08. The lowest BCUT2D eigenvalue weighted by Crippen LogP contribution is -2.13. The summed E-state index contributed by atoms with van der Waals surface area (Å²) >= 11 is 8.09. The number of hydrogen-bond donors (Lipinski definition) is 1. The number of benzene rings is 2. The van der Waals surface area contributed by atoms with E-state index in [1.165, 1.54) is 0 Å². The molecule has 3 nitrogen and oxygen atoms in total. The lowest BCUT2D eigenvalue weighted by atomic mass is 10.1. The Balaban J connectivity index is 1.99. The first-order valence-corrected chi connectivity index (χ1v) is 7.70. The van der Waals surface area contributed by atoms with E-state index in [4.69, 9.17) is 11.6 Å². The summed E-state index contributed by atoms with van der Waals surface area (Å²) in [5.74, 6) is -0.182. The molecule has 0 saturated carbocycles. The molecule has 1 N–H and O–H groups in total. The summed E-state index contributed by atoms with van der Waals surface area (Å²) in [7, 11) is 0. The molecule has 1 heterocycles. The molecule has 104 valence electrons. The van der Waals surface area contributed by atoms with Gasteiger partial charge in [-0.25, -0.2) is 0 Å². The number of fused-ring (bicyclic) bond motifs is 1. The van der Waals surface area contributed by atoms with Crippen molar-refractivity contribution in [3.8, 4) is 0 Å². The Hall–Kier alpha value is -1.66. The predicted octanol–water partition coefficient (Wildman–Crippen LogP) is 4.75. The average molecular weight is 409 g/mol. The minimum atomic E-state index is -0.182. The molecule has 0 radical (unpaired) electrons. The summed E-state index contributed by atoms with van der Waals surface area (Å²) in [5, 5.41) is 5.41. The smallest absolute Gasteiger partial charge is 0.256 e. The van der Waals surface area contributed by atoms with Crippen molar-refractivity contribution in [1.82, 2.24) is 4.98 Å². The van der Waals surface area contributed by atoms with Crippen molar-refractivity contribution in [2.24, 2.45) is 0 Å². The van der Waals surface area contributed by atoms with E-state index < -0.39 is 0 Å². The van der Waals surface area contributed by atoms with Crippen molar-refractivity contribution in [3.05, 3.63) is 69.0 Å². The van der Waals surface area contributed by atoms with Gasteiger partial charge in [-0.15, -0.1) is 0 Å². The summed E-state index contributed by atoms with van der Waals surface area (Å²) in [4.78, 5) is 16.5. The molecule has 3 rings (SSSR count). The van der Waals surface area contributed by atoms with Crippen LogP contribution in [0.15, 0.2) is 54.9 Å². The molecule has 0 aliphatic rings. The standard InChI is InChI=1S/C16H10ClIN2O/c17-11-4-5-14(18)12(8-11)16(21)20-15-3-1-2-10-6-7-19-9-13(10)15/h1-9H,(H,20,21). The van der Waals surface area contributed by atoms with Gasteiger partial charge in [0.2, 0.25) is 0 Å². The van der Waals surface area contributed by atoms with Gasteiger partial charge in [0, 0.05) is 26.4 Å². The van der Waals surface area contributed by atoms with Crippen molar-refractivity contribution in [2.75, 3.05) is 5.32 Å². The molecule has 0 atom stereocenters. The van der Waals surface area contributed by atoms with E-state index in [9.17, 15) is 4.79 Å². The number of carbonyl (C=O) groups is 1. The van der Waals surface area contributed by atoms with Crippen molar-refractivity contribution >= 4 is 56.6 Å². The van der Waals surface area contributed by atoms with Crippen molar-refractivity contribution < 1.29 is 4.79 Å². The molecule has 0 aliphatic carbocycles. The summed E-state index contributed by atoms with van der Waals surface area (Å²) in [6.07, 6.45) is 3.47. The van der Waals surface area contributed by atoms with Gasteiger partial charge in [0.15, 0.2) is 0 Å². The van der Waals surface area contributed by atoms with Gasteiger partial charge in [-0.3, -0.25) is 9.78 Å². The number of amides is 1. The highest BCUT2D eigenvalue weighted by atomic mass is 127. The molecule has 3 aromatic rings. The molecule has 1 amide bonds. The topological polar surface area (TPSA) is 42.0 Å². The number of carbonyl (C=O) groups excluding carboxylic acids is 1. The van der Waals surface area contributed by atoms with Gasteiger partial charge in [-0.2, -0.15) is 0 Å². The van der Waals surface area contributed by atoms with Crippen LogP contribution in [0.25, 0.3) is 10.8 Å². The molecule has 0 aliphatic heterocycles. The predicted molar refractivity (Wildman–Crippen MR) is 93.9 cm³/mol. The molecule has 5 heteroatoms. The quantitative estimate of drug-likeness (QED) is 0.622. The Bertz CT molecular complexity index is 830. The van der Waals surface area contributed by atoms with E-state index in [-0.39, 0.29) is 5.91 Å². The Kier molecular flexibility index (Phi) is 4.07. The van der Waals surface area contributed by atoms with Crippen LogP contribution in [-0.2, 0) is 0 Å². The van der Waals surface area contributed by atoms with E-state index in [2.05, 4.69) is 32.9 Å². The van der Waals surface area contributed by atoms with Crippen LogP contribution in [0.5, 0.6) is 0 Å². The second kappa shape index (κ2) is 5.99. The number of aromatic nitrogens is 1. The molecule has 0 fully saturated rings. The molecule has 0 spiro atoms. The number of nitrogens with zero attached hydrogens (tertiary/aromatic N) is 1. The van der Waals surface area contributed by atoms with Gasteiger partial charge >= 0.3 is 0 Å².